The molecule has 1 unspecified atom stereocenters. The van der Waals surface area contributed by atoms with Crippen LogP contribution >= 0.6 is 0 Å². The van der Waals surface area contributed by atoms with Crippen LogP contribution in [0.25, 0.3) is 0 Å². The average molecular weight is 260 g/mol. The van der Waals surface area contributed by atoms with E-state index in [4.69, 9.17) is 0 Å². The fraction of sp³-hybridized carbons (Fsp3) is 0.765. The summed E-state index contributed by atoms with van der Waals surface area (Å²) >= 11 is 0. The third-order valence-electron chi connectivity index (χ3n) is 5.11. The highest BCUT2D eigenvalue weighted by atomic mass is 15.2. The largest absolute Gasteiger partial charge is 0.311 e. The Morgan fingerprint density at radius 3 is 2.58 bits per heavy atom. The fourth-order valence-corrected chi connectivity index (χ4v) is 3.68. The topological polar surface area (TPSA) is 15.3 Å². The average Bonchev–Trinajstić information content (AvgIpc) is 3.20. The van der Waals surface area contributed by atoms with Crippen LogP contribution in [0.2, 0.25) is 0 Å². The zero-order valence-electron chi connectivity index (χ0n) is 12.4. The summed E-state index contributed by atoms with van der Waals surface area (Å²) in [6.45, 7) is 7.18. The van der Waals surface area contributed by atoms with Gasteiger partial charge in [-0.1, -0.05) is 24.3 Å². The van der Waals surface area contributed by atoms with Crippen molar-refractivity contribution in [2.45, 2.75) is 57.7 Å². The number of piperidine rings is 1. The van der Waals surface area contributed by atoms with Gasteiger partial charge in [-0.2, -0.15) is 0 Å². The van der Waals surface area contributed by atoms with Crippen LogP contribution < -0.4 is 5.32 Å². The minimum atomic E-state index is 0.716. The lowest BCUT2D eigenvalue weighted by Gasteiger charge is -2.35. The number of rotatable bonds is 4. The Bertz CT molecular complexity index is 350. The van der Waals surface area contributed by atoms with Gasteiger partial charge < -0.3 is 10.2 Å². The Labute approximate surface area is 117 Å². The molecule has 2 nitrogen and oxygen atoms in total. The minimum absolute atomic E-state index is 0.716. The van der Waals surface area contributed by atoms with E-state index in [0.717, 1.165) is 23.9 Å². The van der Waals surface area contributed by atoms with Gasteiger partial charge in [0.05, 0.1) is 0 Å². The third-order valence-corrected chi connectivity index (χ3v) is 5.11. The first-order valence-corrected chi connectivity index (χ1v) is 8.07. The molecule has 1 saturated carbocycles. The molecule has 1 heterocycles. The van der Waals surface area contributed by atoms with Crippen LogP contribution in [0.4, 0.5) is 0 Å². The van der Waals surface area contributed by atoms with Gasteiger partial charge in [-0.25, -0.2) is 0 Å². The van der Waals surface area contributed by atoms with Crippen molar-refractivity contribution in [1.29, 1.82) is 0 Å². The molecule has 1 saturated heterocycles. The Balaban J connectivity index is 1.40. The second-order valence-electron chi connectivity index (χ2n) is 6.79. The zero-order chi connectivity index (χ0) is 13.2. The summed E-state index contributed by atoms with van der Waals surface area (Å²) in [5.41, 5.74) is 0. The van der Waals surface area contributed by atoms with Crippen molar-refractivity contribution in [1.82, 2.24) is 10.2 Å². The van der Waals surface area contributed by atoms with E-state index in [2.05, 4.69) is 48.4 Å². The molecule has 2 aliphatic carbocycles. The molecule has 0 aromatic heterocycles. The monoisotopic (exact) mass is 260 g/mol. The number of likely N-dealkylation sites (tertiary alicyclic amines) is 1. The van der Waals surface area contributed by atoms with Gasteiger partial charge in [0.2, 0.25) is 0 Å². The van der Waals surface area contributed by atoms with E-state index in [-0.39, 0.29) is 0 Å². The Hall–Kier alpha value is -0.600. The van der Waals surface area contributed by atoms with Gasteiger partial charge in [-0.05, 0) is 64.5 Å². The fourth-order valence-electron chi connectivity index (χ4n) is 3.68. The van der Waals surface area contributed by atoms with Gasteiger partial charge in [0.1, 0.15) is 0 Å². The van der Waals surface area contributed by atoms with Crippen molar-refractivity contribution >= 4 is 0 Å². The minimum Gasteiger partial charge on any atom is -0.311 e. The molecule has 106 valence electrons. The van der Waals surface area contributed by atoms with E-state index in [1.807, 2.05) is 0 Å². The number of hydrogen-bond donors (Lipinski definition) is 1. The van der Waals surface area contributed by atoms with Crippen molar-refractivity contribution in [2.24, 2.45) is 11.8 Å². The molecule has 2 heteroatoms. The van der Waals surface area contributed by atoms with Crippen molar-refractivity contribution < 1.29 is 0 Å². The molecule has 1 aliphatic heterocycles. The molecule has 1 N–H and O–H groups in total. The van der Waals surface area contributed by atoms with Gasteiger partial charge in [-0.3, -0.25) is 0 Å². The van der Waals surface area contributed by atoms with Crippen molar-refractivity contribution in [3.63, 3.8) is 0 Å². The molecule has 0 aromatic rings. The van der Waals surface area contributed by atoms with E-state index >= 15 is 0 Å². The molecule has 0 radical (unpaired) electrons. The van der Waals surface area contributed by atoms with Crippen LogP contribution in [-0.4, -0.2) is 36.1 Å². The molecule has 3 atom stereocenters. The standard InChI is InChI=1S/C17H28N2/c1-13(2)19-10-8-15(9-11-19)18-17-12-16(17)14-6-4-3-5-7-14/h3-6,13-18H,7-12H2,1-2H3/t14?,16-,17+/m1/s1. The number of hydrogen-bond acceptors (Lipinski definition) is 2. The molecule has 0 spiro atoms. The second-order valence-corrected chi connectivity index (χ2v) is 6.79. The van der Waals surface area contributed by atoms with E-state index < -0.39 is 0 Å². The maximum Gasteiger partial charge on any atom is 0.0108 e. The van der Waals surface area contributed by atoms with Crippen LogP contribution in [0, 0.1) is 11.8 Å². The summed E-state index contributed by atoms with van der Waals surface area (Å²) in [6, 6.07) is 2.29. The first-order chi connectivity index (χ1) is 9.24. The number of nitrogens with one attached hydrogen (secondary N) is 1. The second kappa shape index (κ2) is 5.80. The van der Waals surface area contributed by atoms with E-state index in [9.17, 15) is 0 Å². The first kappa shape index (κ1) is 13.4. The van der Waals surface area contributed by atoms with E-state index in [1.165, 1.54) is 38.8 Å². The highest BCUT2D eigenvalue weighted by molar-refractivity contribution is 5.16. The normalized spacial score (nSPS) is 36.1. The number of nitrogens with zero attached hydrogens (tertiary/aromatic N) is 1. The Kier molecular flexibility index (Phi) is 4.09. The zero-order valence-corrected chi connectivity index (χ0v) is 12.4. The van der Waals surface area contributed by atoms with Crippen LogP contribution in [0.3, 0.4) is 0 Å². The highest BCUT2D eigenvalue weighted by Crippen LogP contribution is 2.41. The predicted molar refractivity (Wildman–Crippen MR) is 81.1 cm³/mol. The van der Waals surface area contributed by atoms with Gasteiger partial charge in [0.15, 0.2) is 0 Å². The maximum absolute atomic E-state index is 3.92. The summed E-state index contributed by atoms with van der Waals surface area (Å²) < 4.78 is 0. The number of allylic oxidation sites excluding steroid dienone is 4. The smallest absolute Gasteiger partial charge is 0.0108 e. The lowest BCUT2D eigenvalue weighted by Crippen LogP contribution is -2.45. The molecule has 19 heavy (non-hydrogen) atoms. The van der Waals surface area contributed by atoms with Crippen molar-refractivity contribution in [3.05, 3.63) is 24.3 Å². The van der Waals surface area contributed by atoms with Crippen LogP contribution in [0.5, 0.6) is 0 Å². The van der Waals surface area contributed by atoms with E-state index in [1.54, 1.807) is 0 Å². The molecular formula is C17H28N2. The summed E-state index contributed by atoms with van der Waals surface area (Å²) in [7, 11) is 0. The van der Waals surface area contributed by atoms with Gasteiger partial charge in [0, 0.05) is 18.1 Å². The van der Waals surface area contributed by atoms with Crippen molar-refractivity contribution in [3.8, 4) is 0 Å². The third kappa shape index (κ3) is 3.29. The van der Waals surface area contributed by atoms with Gasteiger partial charge >= 0.3 is 0 Å². The van der Waals surface area contributed by atoms with Crippen LogP contribution in [-0.2, 0) is 0 Å². The Morgan fingerprint density at radius 2 is 1.95 bits per heavy atom. The first-order valence-electron chi connectivity index (χ1n) is 8.07. The molecule has 0 aromatic carbocycles. The lowest BCUT2D eigenvalue weighted by atomic mass is 9.95. The van der Waals surface area contributed by atoms with Gasteiger partial charge in [0.25, 0.3) is 0 Å². The molecule has 2 fully saturated rings. The highest BCUT2D eigenvalue weighted by Gasteiger charge is 2.42. The summed E-state index contributed by atoms with van der Waals surface area (Å²) in [6.07, 6.45) is 14.5. The van der Waals surface area contributed by atoms with Crippen LogP contribution in [0.1, 0.15) is 39.5 Å². The molecule has 3 rings (SSSR count). The van der Waals surface area contributed by atoms with Crippen LogP contribution in [0.15, 0.2) is 24.3 Å². The maximum atomic E-state index is 3.92. The molecular weight excluding hydrogens is 232 g/mol. The summed E-state index contributed by atoms with van der Waals surface area (Å²) in [4.78, 5) is 2.61. The van der Waals surface area contributed by atoms with E-state index in [0.29, 0.717) is 6.04 Å². The molecule has 0 amide bonds. The van der Waals surface area contributed by atoms with Crippen molar-refractivity contribution in [2.75, 3.05) is 13.1 Å². The van der Waals surface area contributed by atoms with Gasteiger partial charge in [-0.15, -0.1) is 0 Å². The lowest BCUT2D eigenvalue weighted by molar-refractivity contribution is 0.160. The molecule has 3 aliphatic rings. The summed E-state index contributed by atoms with van der Waals surface area (Å²) in [5, 5.41) is 3.92. The summed E-state index contributed by atoms with van der Waals surface area (Å²) in [5.74, 6) is 1.71. The quantitative estimate of drug-likeness (QED) is 0.836. The molecule has 0 bridgehead atoms. The Morgan fingerprint density at radius 1 is 1.16 bits per heavy atom. The SMILES string of the molecule is CC(C)N1CCC(N[C@H]2C[C@@H]2C2C=CC=CC2)CC1. The predicted octanol–water partition coefficient (Wildman–Crippen LogP) is 2.97.